The Bertz CT molecular complexity index is 545. The topological polar surface area (TPSA) is 67.1 Å². The molecule has 134 valence electrons. The van der Waals surface area contributed by atoms with E-state index < -0.39 is 0 Å². The van der Waals surface area contributed by atoms with Gasteiger partial charge < -0.3 is 19.1 Å². The minimum Gasteiger partial charge on any atom is -0.488 e. The second-order valence-corrected chi connectivity index (χ2v) is 6.17. The van der Waals surface area contributed by atoms with Gasteiger partial charge in [0.25, 0.3) is 0 Å². The third-order valence-electron chi connectivity index (χ3n) is 4.32. The molecule has 2 rings (SSSR count). The van der Waals surface area contributed by atoms with E-state index in [1.165, 1.54) is 0 Å². The largest absolute Gasteiger partial charge is 0.488 e. The van der Waals surface area contributed by atoms with E-state index >= 15 is 0 Å². The molecule has 1 aromatic rings. The fourth-order valence-corrected chi connectivity index (χ4v) is 2.47. The van der Waals surface area contributed by atoms with Crippen molar-refractivity contribution in [3.05, 3.63) is 12.1 Å². The highest BCUT2D eigenvalue weighted by Gasteiger charge is 2.21. The summed E-state index contributed by atoms with van der Waals surface area (Å²) in [6.45, 7) is 11.3. The number of anilines is 1. The first kappa shape index (κ1) is 18.5. The van der Waals surface area contributed by atoms with Crippen LogP contribution in [0.4, 0.5) is 11.4 Å². The van der Waals surface area contributed by atoms with Crippen molar-refractivity contribution in [3.8, 4) is 11.5 Å². The Labute approximate surface area is 144 Å². The second-order valence-electron chi connectivity index (χ2n) is 6.17. The first-order valence-corrected chi connectivity index (χ1v) is 8.80. The average molecular weight is 335 g/mol. The lowest BCUT2D eigenvalue weighted by Gasteiger charge is -2.31. The van der Waals surface area contributed by atoms with Gasteiger partial charge in [0.15, 0.2) is 0 Å². The van der Waals surface area contributed by atoms with Crippen LogP contribution in [0.5, 0.6) is 11.5 Å². The standard InChI is InChI=1S/C18H29N3O3/c1-5-13(3)23-17-12-16(21-7-9-22-10-8-21)18(11-15(17)20-19)24-14(4)6-2/h11-14,19H,5-10H2,1-4H3. The quantitative estimate of drug-likeness (QED) is 0.708. The van der Waals surface area contributed by atoms with Crippen LogP contribution >= 0.6 is 0 Å². The van der Waals surface area contributed by atoms with Crippen LogP contribution in [0.3, 0.4) is 0 Å². The molecular formula is C18H29N3O3. The van der Waals surface area contributed by atoms with Gasteiger partial charge >= 0.3 is 0 Å². The van der Waals surface area contributed by atoms with E-state index in [9.17, 15) is 0 Å². The first-order valence-electron chi connectivity index (χ1n) is 8.80. The summed E-state index contributed by atoms with van der Waals surface area (Å²) in [5.74, 6) is 1.39. The molecule has 0 amide bonds. The van der Waals surface area contributed by atoms with Crippen LogP contribution in [0.25, 0.3) is 0 Å². The van der Waals surface area contributed by atoms with Gasteiger partial charge in [-0.1, -0.05) is 13.8 Å². The van der Waals surface area contributed by atoms with Gasteiger partial charge in [0.05, 0.1) is 31.1 Å². The van der Waals surface area contributed by atoms with Crippen molar-refractivity contribution < 1.29 is 14.2 Å². The molecule has 1 fully saturated rings. The summed E-state index contributed by atoms with van der Waals surface area (Å²) in [5, 5.41) is 3.64. The molecule has 0 aromatic heterocycles. The van der Waals surface area contributed by atoms with Crippen LogP contribution in [0.1, 0.15) is 40.5 Å². The van der Waals surface area contributed by atoms with Crippen LogP contribution in [-0.4, -0.2) is 38.5 Å². The Morgan fingerprint density at radius 1 is 1.08 bits per heavy atom. The van der Waals surface area contributed by atoms with Gasteiger partial charge in [-0.3, -0.25) is 0 Å². The smallest absolute Gasteiger partial charge is 0.149 e. The molecule has 0 bridgehead atoms. The number of nitrogens with zero attached hydrogens (tertiary/aromatic N) is 2. The molecule has 2 unspecified atom stereocenters. The van der Waals surface area contributed by atoms with E-state index in [-0.39, 0.29) is 12.2 Å². The monoisotopic (exact) mass is 335 g/mol. The fraction of sp³-hybridized carbons (Fsp3) is 0.667. The lowest BCUT2D eigenvalue weighted by atomic mass is 10.2. The van der Waals surface area contributed by atoms with Crippen LogP contribution in [0.2, 0.25) is 0 Å². The highest BCUT2D eigenvalue weighted by atomic mass is 16.5. The number of ether oxygens (including phenoxy) is 3. The summed E-state index contributed by atoms with van der Waals surface area (Å²) in [4.78, 5) is 2.25. The van der Waals surface area contributed by atoms with Crippen molar-refractivity contribution in [2.75, 3.05) is 31.2 Å². The van der Waals surface area contributed by atoms with Gasteiger partial charge in [-0.2, -0.15) is 5.11 Å². The van der Waals surface area contributed by atoms with E-state index in [4.69, 9.17) is 19.7 Å². The maximum absolute atomic E-state index is 7.48. The summed E-state index contributed by atoms with van der Waals surface area (Å²) in [7, 11) is 0. The summed E-state index contributed by atoms with van der Waals surface area (Å²) in [6, 6.07) is 3.78. The van der Waals surface area contributed by atoms with Crippen molar-refractivity contribution in [3.63, 3.8) is 0 Å². The molecule has 1 aromatic carbocycles. The molecule has 1 saturated heterocycles. The Morgan fingerprint density at radius 2 is 1.67 bits per heavy atom. The minimum atomic E-state index is 0.0735. The lowest BCUT2D eigenvalue weighted by molar-refractivity contribution is 0.122. The van der Waals surface area contributed by atoms with Crippen LogP contribution in [0, 0.1) is 5.53 Å². The van der Waals surface area contributed by atoms with Gasteiger partial charge in [0.1, 0.15) is 17.2 Å². The molecule has 0 aliphatic carbocycles. The van der Waals surface area contributed by atoms with Crippen molar-refractivity contribution in [1.82, 2.24) is 0 Å². The number of benzene rings is 1. The predicted octanol–water partition coefficient (Wildman–Crippen LogP) is 4.54. The molecule has 1 N–H and O–H groups in total. The molecule has 6 nitrogen and oxygen atoms in total. The van der Waals surface area contributed by atoms with Crippen LogP contribution in [-0.2, 0) is 4.74 Å². The van der Waals surface area contributed by atoms with Crippen LogP contribution < -0.4 is 14.4 Å². The number of rotatable bonds is 8. The van der Waals surface area contributed by atoms with E-state index in [0.29, 0.717) is 24.7 Å². The molecule has 2 atom stereocenters. The first-order chi connectivity index (χ1) is 11.6. The summed E-state index contributed by atoms with van der Waals surface area (Å²) in [6.07, 6.45) is 1.99. The maximum atomic E-state index is 7.48. The molecule has 6 heteroatoms. The molecule has 0 saturated carbocycles. The Hall–Kier alpha value is -1.82. The van der Waals surface area contributed by atoms with E-state index in [1.54, 1.807) is 0 Å². The Morgan fingerprint density at radius 3 is 2.21 bits per heavy atom. The van der Waals surface area contributed by atoms with E-state index in [1.807, 2.05) is 26.0 Å². The van der Waals surface area contributed by atoms with Gasteiger partial charge in [-0.15, -0.1) is 0 Å². The molecule has 1 aliphatic rings. The highest BCUT2D eigenvalue weighted by molar-refractivity contribution is 5.70. The molecular weight excluding hydrogens is 306 g/mol. The van der Waals surface area contributed by atoms with E-state index in [2.05, 4.69) is 23.9 Å². The summed E-state index contributed by atoms with van der Waals surface area (Å²) >= 11 is 0. The minimum absolute atomic E-state index is 0.0735. The zero-order chi connectivity index (χ0) is 17.5. The van der Waals surface area contributed by atoms with Gasteiger partial charge in [0, 0.05) is 25.2 Å². The zero-order valence-corrected chi connectivity index (χ0v) is 15.2. The lowest BCUT2D eigenvalue weighted by Crippen LogP contribution is -2.36. The number of morpholine rings is 1. The molecule has 0 radical (unpaired) electrons. The SMILES string of the molecule is CCC(C)Oc1cc(N2CCOCC2)c(OC(C)CC)cc1N=N. The average Bonchev–Trinajstić information content (AvgIpc) is 2.62. The number of nitrogens with one attached hydrogen (secondary N) is 1. The van der Waals surface area contributed by atoms with Gasteiger partial charge in [-0.05, 0) is 26.7 Å². The molecule has 1 heterocycles. The van der Waals surface area contributed by atoms with E-state index in [0.717, 1.165) is 37.4 Å². The fourth-order valence-electron chi connectivity index (χ4n) is 2.47. The molecule has 1 aliphatic heterocycles. The Kier molecular flexibility index (Phi) is 6.85. The predicted molar refractivity (Wildman–Crippen MR) is 95.0 cm³/mol. The van der Waals surface area contributed by atoms with Crippen molar-refractivity contribution in [2.24, 2.45) is 5.11 Å². The third-order valence-corrected chi connectivity index (χ3v) is 4.32. The summed E-state index contributed by atoms with van der Waals surface area (Å²) < 4.78 is 17.5. The van der Waals surface area contributed by atoms with Crippen molar-refractivity contribution >= 4 is 11.4 Å². The highest BCUT2D eigenvalue weighted by Crippen LogP contribution is 2.41. The molecule has 24 heavy (non-hydrogen) atoms. The summed E-state index contributed by atoms with van der Waals surface area (Å²) in [5.41, 5.74) is 8.98. The van der Waals surface area contributed by atoms with Gasteiger partial charge in [-0.25, -0.2) is 5.53 Å². The van der Waals surface area contributed by atoms with Gasteiger partial charge in [0.2, 0.25) is 0 Å². The Balaban J connectivity index is 2.40. The zero-order valence-electron chi connectivity index (χ0n) is 15.2. The number of hydrogen-bond acceptors (Lipinski definition) is 6. The third kappa shape index (κ3) is 4.60. The second kappa shape index (κ2) is 8.87. The van der Waals surface area contributed by atoms with Crippen LogP contribution in [0.15, 0.2) is 17.2 Å². The maximum Gasteiger partial charge on any atom is 0.149 e. The van der Waals surface area contributed by atoms with Crippen molar-refractivity contribution in [2.45, 2.75) is 52.7 Å². The normalized spacial score (nSPS) is 17.2. The molecule has 0 spiro atoms. The van der Waals surface area contributed by atoms with Crippen molar-refractivity contribution in [1.29, 1.82) is 5.53 Å². The number of hydrogen-bond donors (Lipinski definition) is 1.